The zero-order valence-corrected chi connectivity index (χ0v) is 11.8. The summed E-state index contributed by atoms with van der Waals surface area (Å²) in [5.74, 6) is 0.885. The summed E-state index contributed by atoms with van der Waals surface area (Å²) < 4.78 is 36.3. The molecule has 1 aromatic heterocycles. The van der Waals surface area contributed by atoms with Crippen LogP contribution in [0, 0.1) is 0 Å². The van der Waals surface area contributed by atoms with E-state index in [2.05, 4.69) is 25.6 Å². The van der Waals surface area contributed by atoms with E-state index < -0.39 is 12.6 Å². The number of halogens is 3. The molecule has 1 rings (SSSR count). The van der Waals surface area contributed by atoms with Crippen molar-refractivity contribution >= 4 is 17.8 Å². The third-order valence-electron chi connectivity index (χ3n) is 2.59. The molecule has 6 nitrogen and oxygen atoms in total. The molecule has 9 heteroatoms. The lowest BCUT2D eigenvalue weighted by Gasteiger charge is -2.19. The first-order valence-corrected chi connectivity index (χ1v) is 6.39. The molecule has 0 fully saturated rings. The van der Waals surface area contributed by atoms with Crippen molar-refractivity contribution in [1.82, 2.24) is 15.0 Å². The van der Waals surface area contributed by atoms with Crippen LogP contribution in [0.3, 0.4) is 0 Å². The first kappa shape index (κ1) is 16.3. The normalized spacial score (nSPS) is 11.3. The molecule has 0 aliphatic rings. The summed E-state index contributed by atoms with van der Waals surface area (Å²) in [6, 6.07) is 0. The molecule has 0 radical (unpaired) electrons. The van der Waals surface area contributed by atoms with Gasteiger partial charge in [-0.25, -0.2) is 0 Å². The molecule has 0 spiro atoms. The summed E-state index contributed by atoms with van der Waals surface area (Å²) in [6.07, 6.45) is -5.14. The van der Waals surface area contributed by atoms with Crippen LogP contribution in [-0.4, -0.2) is 47.8 Å². The summed E-state index contributed by atoms with van der Waals surface area (Å²) in [7, 11) is 1.64. The van der Waals surface area contributed by atoms with Gasteiger partial charge < -0.3 is 15.5 Å². The Morgan fingerprint density at radius 2 is 1.65 bits per heavy atom. The molecule has 0 aliphatic heterocycles. The lowest BCUT2D eigenvalue weighted by molar-refractivity contribution is -0.131. The molecule has 0 aromatic carbocycles. The summed E-state index contributed by atoms with van der Waals surface area (Å²) in [5, 5.41) is 5.34. The number of aromatic nitrogens is 3. The van der Waals surface area contributed by atoms with E-state index in [0.717, 1.165) is 0 Å². The van der Waals surface area contributed by atoms with Gasteiger partial charge in [-0.15, -0.1) is 0 Å². The van der Waals surface area contributed by atoms with Crippen LogP contribution in [0.4, 0.5) is 31.0 Å². The predicted molar refractivity (Wildman–Crippen MR) is 72.1 cm³/mol. The fraction of sp³-hybridized carbons (Fsp3) is 0.727. The first-order valence-electron chi connectivity index (χ1n) is 6.39. The number of hydrogen-bond donors (Lipinski definition) is 2. The maximum atomic E-state index is 12.1. The Bertz CT molecular complexity index is 419. The van der Waals surface area contributed by atoms with E-state index in [1.54, 1.807) is 7.05 Å². The smallest absolute Gasteiger partial charge is 0.357 e. The van der Waals surface area contributed by atoms with Crippen molar-refractivity contribution in [3.8, 4) is 0 Å². The molecule has 114 valence electrons. The van der Waals surface area contributed by atoms with Crippen molar-refractivity contribution in [2.24, 2.45) is 0 Å². The van der Waals surface area contributed by atoms with Crippen LogP contribution in [-0.2, 0) is 0 Å². The van der Waals surface area contributed by atoms with Gasteiger partial charge in [0.2, 0.25) is 17.8 Å². The summed E-state index contributed by atoms with van der Waals surface area (Å²) in [4.78, 5) is 14.2. The highest BCUT2D eigenvalue weighted by Gasteiger charge is 2.26. The zero-order valence-electron chi connectivity index (χ0n) is 11.8. The van der Waals surface area contributed by atoms with Crippen molar-refractivity contribution in [3.63, 3.8) is 0 Å². The van der Waals surface area contributed by atoms with Crippen molar-refractivity contribution in [2.45, 2.75) is 26.4 Å². The molecule has 0 amide bonds. The van der Waals surface area contributed by atoms with E-state index >= 15 is 0 Å². The molecule has 1 aromatic rings. The second-order valence-electron chi connectivity index (χ2n) is 4.00. The number of anilines is 3. The molecule has 0 atom stereocenters. The second-order valence-corrected chi connectivity index (χ2v) is 4.00. The third kappa shape index (κ3) is 5.06. The van der Waals surface area contributed by atoms with Crippen LogP contribution in [0.25, 0.3) is 0 Å². The number of hydrogen-bond acceptors (Lipinski definition) is 6. The number of rotatable bonds is 7. The monoisotopic (exact) mass is 292 g/mol. The Balaban J connectivity index is 2.82. The highest BCUT2D eigenvalue weighted by atomic mass is 19.4. The molecular formula is C11H19F3N6. The van der Waals surface area contributed by atoms with E-state index in [9.17, 15) is 13.2 Å². The van der Waals surface area contributed by atoms with Crippen molar-refractivity contribution in [3.05, 3.63) is 0 Å². The number of nitrogens with one attached hydrogen (secondary N) is 2. The highest BCUT2D eigenvalue weighted by Crippen LogP contribution is 2.19. The first-order chi connectivity index (χ1) is 9.39. The minimum absolute atomic E-state index is 0.135. The van der Waals surface area contributed by atoms with Gasteiger partial charge in [0, 0.05) is 26.7 Å². The Hall–Kier alpha value is -1.80. The molecule has 1 heterocycles. The van der Waals surface area contributed by atoms with E-state index in [1.165, 1.54) is 0 Å². The van der Waals surface area contributed by atoms with Gasteiger partial charge in [-0.05, 0) is 13.8 Å². The predicted octanol–water partition coefficient (Wildman–Crippen LogP) is 2.12. The van der Waals surface area contributed by atoms with Crippen LogP contribution in [0.2, 0.25) is 0 Å². The summed E-state index contributed by atoms with van der Waals surface area (Å²) >= 11 is 0. The average molecular weight is 292 g/mol. The van der Waals surface area contributed by atoms with Crippen molar-refractivity contribution in [2.75, 3.05) is 42.2 Å². The van der Waals surface area contributed by atoms with Crippen molar-refractivity contribution in [1.29, 1.82) is 0 Å². The third-order valence-corrected chi connectivity index (χ3v) is 2.59. The Labute approximate surface area is 115 Å². The molecule has 2 N–H and O–H groups in total. The Morgan fingerprint density at radius 1 is 1.05 bits per heavy atom. The SMILES string of the molecule is CCN(CC)c1nc(NC)nc(NCCC(F)(F)F)n1. The second kappa shape index (κ2) is 7.11. The Morgan fingerprint density at radius 3 is 2.15 bits per heavy atom. The van der Waals surface area contributed by atoms with E-state index in [-0.39, 0.29) is 12.5 Å². The van der Waals surface area contributed by atoms with E-state index in [0.29, 0.717) is 25.0 Å². The van der Waals surface area contributed by atoms with E-state index in [1.807, 2.05) is 18.7 Å². The number of nitrogens with zero attached hydrogens (tertiary/aromatic N) is 4. The van der Waals surface area contributed by atoms with Gasteiger partial charge in [-0.3, -0.25) is 0 Å². The van der Waals surface area contributed by atoms with Crippen LogP contribution in [0.1, 0.15) is 20.3 Å². The molecule has 0 saturated carbocycles. The Kier molecular flexibility index (Phi) is 5.78. The van der Waals surface area contributed by atoms with Gasteiger partial charge in [0.15, 0.2) is 0 Å². The van der Waals surface area contributed by atoms with Gasteiger partial charge in [0.25, 0.3) is 0 Å². The number of alkyl halides is 3. The van der Waals surface area contributed by atoms with Crippen molar-refractivity contribution < 1.29 is 13.2 Å². The summed E-state index contributed by atoms with van der Waals surface area (Å²) in [6.45, 7) is 5.03. The van der Waals surface area contributed by atoms with Gasteiger partial charge in [-0.1, -0.05) is 0 Å². The molecule has 0 saturated heterocycles. The highest BCUT2D eigenvalue weighted by molar-refractivity contribution is 5.43. The molecule has 20 heavy (non-hydrogen) atoms. The quantitative estimate of drug-likeness (QED) is 0.802. The maximum Gasteiger partial charge on any atom is 0.390 e. The van der Waals surface area contributed by atoms with Gasteiger partial charge >= 0.3 is 6.18 Å². The fourth-order valence-corrected chi connectivity index (χ4v) is 1.52. The zero-order chi connectivity index (χ0) is 15.2. The molecule has 0 aliphatic carbocycles. The van der Waals surface area contributed by atoms with Crippen LogP contribution >= 0.6 is 0 Å². The van der Waals surface area contributed by atoms with Gasteiger partial charge in [0.1, 0.15) is 0 Å². The standard InChI is InChI=1S/C11H19F3N6/c1-4-20(5-2)10-18-8(15-3)17-9(19-10)16-7-6-11(12,13)14/h4-7H2,1-3H3,(H2,15,16,17,18,19). The van der Waals surface area contributed by atoms with Crippen LogP contribution in [0.15, 0.2) is 0 Å². The minimum atomic E-state index is -4.20. The maximum absolute atomic E-state index is 12.1. The lowest BCUT2D eigenvalue weighted by Crippen LogP contribution is -2.25. The summed E-state index contributed by atoms with van der Waals surface area (Å²) in [5.41, 5.74) is 0. The molecule has 0 unspecified atom stereocenters. The minimum Gasteiger partial charge on any atom is -0.357 e. The van der Waals surface area contributed by atoms with Crippen LogP contribution in [0.5, 0.6) is 0 Å². The van der Waals surface area contributed by atoms with Gasteiger partial charge in [0.05, 0.1) is 6.42 Å². The average Bonchev–Trinajstić information content (AvgIpc) is 2.38. The topological polar surface area (TPSA) is 66.0 Å². The molecule has 0 bridgehead atoms. The molecular weight excluding hydrogens is 273 g/mol. The fourth-order valence-electron chi connectivity index (χ4n) is 1.52. The van der Waals surface area contributed by atoms with Crippen LogP contribution < -0.4 is 15.5 Å². The van der Waals surface area contributed by atoms with E-state index in [4.69, 9.17) is 0 Å². The van der Waals surface area contributed by atoms with Gasteiger partial charge in [-0.2, -0.15) is 28.1 Å². The largest absolute Gasteiger partial charge is 0.390 e. The lowest BCUT2D eigenvalue weighted by atomic mass is 10.4.